The van der Waals surface area contributed by atoms with E-state index in [0.717, 1.165) is 12.2 Å². The smallest absolute Gasteiger partial charge is 0.191 e. The number of nitrogens with two attached hydrogens (primary N) is 1. The van der Waals surface area contributed by atoms with Crippen LogP contribution in [0.4, 0.5) is 0 Å². The monoisotopic (exact) mass is 316 g/mol. The van der Waals surface area contributed by atoms with Crippen LogP contribution < -0.4 is 11.1 Å². The van der Waals surface area contributed by atoms with Gasteiger partial charge in [0, 0.05) is 17.7 Å². The van der Waals surface area contributed by atoms with Crippen molar-refractivity contribution < 1.29 is 0 Å². The van der Waals surface area contributed by atoms with Gasteiger partial charge in [0.05, 0.1) is 0 Å². The van der Waals surface area contributed by atoms with E-state index in [1.807, 2.05) is 13.8 Å². The van der Waals surface area contributed by atoms with Crippen molar-refractivity contribution in [3.05, 3.63) is 0 Å². The topological polar surface area (TPSA) is 74.3 Å². The molecule has 4 nitrogen and oxygen atoms in total. The first kappa shape index (κ1) is 17.5. The molecule has 7 heteroatoms. The molecule has 0 saturated carbocycles. The first-order valence-electron chi connectivity index (χ1n) is 4.44. The second kappa shape index (κ2) is 10.6. The maximum atomic E-state index is 7.10. The van der Waals surface area contributed by atoms with Crippen molar-refractivity contribution in [2.75, 3.05) is 11.6 Å². The molecule has 0 aromatic heterocycles. The highest BCUT2D eigenvalue weighted by molar-refractivity contribution is 8.93. The third-order valence-electron chi connectivity index (χ3n) is 1.13. The van der Waals surface area contributed by atoms with Gasteiger partial charge in [-0.15, -0.1) is 28.6 Å². The molecule has 0 spiro atoms. The lowest BCUT2D eigenvalue weighted by molar-refractivity contribution is 0.834. The molecule has 15 heavy (non-hydrogen) atoms. The number of amidine groups is 1. The van der Waals surface area contributed by atoms with E-state index in [4.69, 9.17) is 22.7 Å². The Morgan fingerprint density at radius 3 is 2.60 bits per heavy atom. The minimum Gasteiger partial charge on any atom is -0.370 e. The zero-order valence-corrected chi connectivity index (χ0v) is 12.2. The Labute approximate surface area is 111 Å². The van der Waals surface area contributed by atoms with Crippen LogP contribution in [-0.4, -0.2) is 28.8 Å². The fraction of sp³-hybridized carbons (Fsp3) is 0.750. The van der Waals surface area contributed by atoms with Crippen molar-refractivity contribution in [1.82, 2.24) is 5.32 Å². The Morgan fingerprint density at radius 1 is 1.60 bits per heavy atom. The summed E-state index contributed by atoms with van der Waals surface area (Å²) in [7, 11) is 0. The molecule has 0 heterocycles. The maximum absolute atomic E-state index is 7.10. The summed E-state index contributed by atoms with van der Waals surface area (Å²) in [5, 5.41) is 10.5. The van der Waals surface area contributed by atoms with E-state index < -0.39 is 0 Å². The number of rotatable bonds is 4. The van der Waals surface area contributed by atoms with E-state index in [0.29, 0.717) is 11.0 Å². The highest BCUT2D eigenvalue weighted by Gasteiger charge is 2.02. The van der Waals surface area contributed by atoms with Crippen molar-refractivity contribution >= 4 is 51.5 Å². The SMILES string of the molecule is Br.CC(C)N=C(NC(=N)N)SCCCCl. The van der Waals surface area contributed by atoms with Crippen molar-refractivity contribution in [2.24, 2.45) is 10.7 Å². The summed E-state index contributed by atoms with van der Waals surface area (Å²) in [6, 6.07) is 0.195. The number of nitrogens with zero attached hydrogens (tertiary/aromatic N) is 1. The molecule has 0 bridgehead atoms. The van der Waals surface area contributed by atoms with Gasteiger partial charge in [-0.2, -0.15) is 0 Å². The average molecular weight is 318 g/mol. The van der Waals surface area contributed by atoms with Gasteiger partial charge in [0.1, 0.15) is 0 Å². The number of hydrogen-bond acceptors (Lipinski definition) is 3. The molecule has 0 fully saturated rings. The first-order valence-corrected chi connectivity index (χ1v) is 5.96. The van der Waals surface area contributed by atoms with E-state index in [1.54, 1.807) is 0 Å². The number of thioether (sulfide) groups is 1. The fourth-order valence-corrected chi connectivity index (χ4v) is 1.92. The number of nitrogens with one attached hydrogen (secondary N) is 2. The normalized spacial score (nSPS) is 11.1. The van der Waals surface area contributed by atoms with Gasteiger partial charge in [-0.3, -0.25) is 10.4 Å². The predicted molar refractivity (Wildman–Crippen MR) is 75.7 cm³/mol. The van der Waals surface area contributed by atoms with E-state index in [9.17, 15) is 0 Å². The van der Waals surface area contributed by atoms with Crippen molar-refractivity contribution in [3.8, 4) is 0 Å². The number of halogens is 2. The van der Waals surface area contributed by atoms with Gasteiger partial charge in [-0.1, -0.05) is 11.8 Å². The average Bonchev–Trinajstić information content (AvgIpc) is 2.02. The largest absolute Gasteiger partial charge is 0.370 e. The van der Waals surface area contributed by atoms with E-state index in [-0.39, 0.29) is 29.0 Å². The molecule has 0 aliphatic heterocycles. The number of hydrogen-bond donors (Lipinski definition) is 3. The van der Waals surface area contributed by atoms with Gasteiger partial charge < -0.3 is 11.1 Å². The molecule has 0 unspecified atom stereocenters. The number of alkyl halides is 1. The second-order valence-electron chi connectivity index (χ2n) is 2.96. The minimum atomic E-state index is -0.0808. The molecule has 0 aromatic carbocycles. The van der Waals surface area contributed by atoms with Crippen LogP contribution in [0.5, 0.6) is 0 Å². The lowest BCUT2D eigenvalue weighted by Crippen LogP contribution is -2.34. The van der Waals surface area contributed by atoms with Crippen LogP contribution in [0.3, 0.4) is 0 Å². The molecule has 0 saturated heterocycles. The molecular formula is C8H18BrClN4S. The van der Waals surface area contributed by atoms with Gasteiger partial charge in [-0.05, 0) is 20.3 Å². The number of aliphatic imine (C=N–C) groups is 1. The highest BCUT2D eigenvalue weighted by atomic mass is 79.9. The predicted octanol–water partition coefficient (Wildman–Crippen LogP) is 2.17. The van der Waals surface area contributed by atoms with Gasteiger partial charge in [-0.25, -0.2) is 0 Å². The van der Waals surface area contributed by atoms with Crippen molar-refractivity contribution in [2.45, 2.75) is 26.3 Å². The van der Waals surface area contributed by atoms with Gasteiger partial charge >= 0.3 is 0 Å². The molecule has 0 rings (SSSR count). The Hall–Kier alpha value is 0.0600. The van der Waals surface area contributed by atoms with Crippen LogP contribution in [0.15, 0.2) is 4.99 Å². The van der Waals surface area contributed by atoms with Crippen molar-refractivity contribution in [3.63, 3.8) is 0 Å². The summed E-state index contributed by atoms with van der Waals surface area (Å²) in [5.41, 5.74) is 5.23. The summed E-state index contributed by atoms with van der Waals surface area (Å²) in [6.45, 7) is 3.95. The van der Waals surface area contributed by atoms with E-state index in [2.05, 4.69) is 10.3 Å². The van der Waals surface area contributed by atoms with E-state index in [1.165, 1.54) is 11.8 Å². The molecule has 4 N–H and O–H groups in total. The molecule has 0 aliphatic carbocycles. The molecule has 0 aromatic rings. The quantitative estimate of drug-likeness (QED) is 0.322. The lowest BCUT2D eigenvalue weighted by Gasteiger charge is -2.08. The van der Waals surface area contributed by atoms with Crippen LogP contribution in [0.2, 0.25) is 0 Å². The zero-order valence-electron chi connectivity index (χ0n) is 8.92. The van der Waals surface area contributed by atoms with Crippen molar-refractivity contribution in [1.29, 1.82) is 5.41 Å². The molecule has 0 radical (unpaired) electrons. The summed E-state index contributed by atoms with van der Waals surface area (Å²) in [6.07, 6.45) is 0.920. The van der Waals surface area contributed by atoms with Crippen LogP contribution in [0.25, 0.3) is 0 Å². The zero-order chi connectivity index (χ0) is 11.0. The minimum absolute atomic E-state index is 0. The van der Waals surface area contributed by atoms with Gasteiger partial charge in [0.15, 0.2) is 11.1 Å². The maximum Gasteiger partial charge on any atom is 0.191 e. The third-order valence-corrected chi connectivity index (χ3v) is 2.37. The van der Waals surface area contributed by atoms with Gasteiger partial charge in [0.2, 0.25) is 0 Å². The van der Waals surface area contributed by atoms with Crippen LogP contribution in [0, 0.1) is 5.41 Å². The summed E-state index contributed by atoms with van der Waals surface area (Å²) < 4.78 is 0. The molecule has 0 atom stereocenters. The molecular weight excluding hydrogens is 300 g/mol. The Morgan fingerprint density at radius 2 is 2.20 bits per heavy atom. The highest BCUT2D eigenvalue weighted by Crippen LogP contribution is 2.06. The summed E-state index contributed by atoms with van der Waals surface area (Å²) >= 11 is 7.09. The molecule has 0 amide bonds. The van der Waals surface area contributed by atoms with Crippen LogP contribution in [0.1, 0.15) is 20.3 Å². The number of guanidine groups is 1. The Balaban J connectivity index is 0. The Bertz CT molecular complexity index is 211. The van der Waals surface area contributed by atoms with Crippen LogP contribution in [-0.2, 0) is 0 Å². The fourth-order valence-electron chi connectivity index (χ4n) is 0.679. The Kier molecular flexibility index (Phi) is 12.3. The third kappa shape index (κ3) is 12.0. The summed E-state index contributed by atoms with van der Waals surface area (Å²) in [4.78, 5) is 4.29. The lowest BCUT2D eigenvalue weighted by atomic mass is 10.4. The molecule has 90 valence electrons. The standard InChI is InChI=1S/C8H17ClN4S.BrH/c1-6(2)12-8(13-7(10)11)14-5-3-4-9;/h6H,3-5H2,1-2H3,(H4,10,11,12,13);1H. The molecule has 0 aliphatic rings. The second-order valence-corrected chi connectivity index (χ2v) is 4.42. The van der Waals surface area contributed by atoms with Crippen LogP contribution >= 0.6 is 40.3 Å². The summed E-state index contributed by atoms with van der Waals surface area (Å²) in [5.74, 6) is 1.44. The first-order chi connectivity index (χ1) is 6.56. The van der Waals surface area contributed by atoms with Gasteiger partial charge in [0.25, 0.3) is 0 Å². The van der Waals surface area contributed by atoms with E-state index >= 15 is 0 Å².